The first-order valence-electron chi connectivity index (χ1n) is 10.9. The number of carbonyl (C=O) groups is 2. The molecule has 1 aliphatic rings. The fourth-order valence-corrected chi connectivity index (χ4v) is 5.12. The smallest absolute Gasteiger partial charge is 0.417 e. The minimum atomic E-state index is -4.68. The van der Waals surface area contributed by atoms with Gasteiger partial charge in [0.25, 0.3) is 5.91 Å². The summed E-state index contributed by atoms with van der Waals surface area (Å²) in [5.74, 6) is -0.639. The molecular formula is C22H28F4N4O3S. The average Bonchev–Trinajstić information content (AvgIpc) is 3.16. The van der Waals surface area contributed by atoms with Crippen LogP contribution in [0.4, 0.5) is 28.2 Å². The molecule has 2 aromatic heterocycles. The number of anilines is 1. The van der Waals surface area contributed by atoms with Crippen molar-refractivity contribution in [1.82, 2.24) is 15.2 Å². The highest BCUT2D eigenvalue weighted by molar-refractivity contribution is 7.17. The van der Waals surface area contributed by atoms with Gasteiger partial charge in [-0.1, -0.05) is 0 Å². The van der Waals surface area contributed by atoms with Crippen molar-refractivity contribution in [3.05, 3.63) is 22.6 Å². The topological polar surface area (TPSA) is 74.8 Å². The molecule has 1 fully saturated rings. The lowest BCUT2D eigenvalue weighted by Crippen LogP contribution is -2.50. The van der Waals surface area contributed by atoms with Crippen LogP contribution < -0.4 is 10.2 Å². The van der Waals surface area contributed by atoms with Gasteiger partial charge in [0.1, 0.15) is 11.9 Å². The van der Waals surface area contributed by atoms with Gasteiger partial charge in [-0.25, -0.2) is 14.2 Å². The second-order valence-corrected chi connectivity index (χ2v) is 9.58. The Bertz CT molecular complexity index is 1050. The number of hydrogen-bond donors (Lipinski definition) is 1. The number of carbonyl (C=O) groups excluding carboxylic acids is 2. The summed E-state index contributed by atoms with van der Waals surface area (Å²) >= 11 is 0.783. The summed E-state index contributed by atoms with van der Waals surface area (Å²) in [5, 5.41) is 3.72. The van der Waals surface area contributed by atoms with Crippen LogP contribution in [0.25, 0.3) is 10.2 Å². The third-order valence-electron chi connectivity index (χ3n) is 5.67. The van der Waals surface area contributed by atoms with E-state index in [1.807, 2.05) is 27.7 Å². The number of amides is 2. The SMILES string of the molecule is CNC(=O)c1csc2c(C(F)(F)F)cc(N3CC[C@H](OC(=O)N(C(C)C)C(C)C)[C@@H](F)C3)nc12. The van der Waals surface area contributed by atoms with Gasteiger partial charge in [0.05, 0.1) is 27.9 Å². The number of halogens is 4. The fourth-order valence-electron chi connectivity index (χ4n) is 4.10. The number of rotatable bonds is 5. The lowest BCUT2D eigenvalue weighted by Gasteiger charge is -2.37. The summed E-state index contributed by atoms with van der Waals surface area (Å²) in [6.45, 7) is 7.15. The summed E-state index contributed by atoms with van der Waals surface area (Å²) in [6.07, 6.45) is -7.85. The summed E-state index contributed by atoms with van der Waals surface area (Å²) in [6, 6.07) is 0.607. The van der Waals surface area contributed by atoms with Gasteiger partial charge in [-0.2, -0.15) is 13.2 Å². The van der Waals surface area contributed by atoms with Gasteiger partial charge in [0.2, 0.25) is 0 Å². The Kier molecular flexibility index (Phi) is 7.59. The molecule has 0 aliphatic carbocycles. The van der Waals surface area contributed by atoms with Gasteiger partial charge >= 0.3 is 12.3 Å². The lowest BCUT2D eigenvalue weighted by atomic mass is 10.1. The van der Waals surface area contributed by atoms with Gasteiger partial charge in [-0.05, 0) is 33.8 Å². The molecule has 1 aliphatic heterocycles. The summed E-state index contributed by atoms with van der Waals surface area (Å²) < 4.78 is 61.6. The standard InChI is InChI=1S/C22H28F4N4O3S/c1-11(2)30(12(3)4)21(32)33-16-6-7-29(9-15(16)23)17-8-14(22(24,25)26)19-18(28-17)13(10-34-19)20(31)27-5/h8,10-12,15-16H,6-7,9H2,1-5H3,(H,27,31)/t15-,16-/m0/s1. The molecule has 0 unspecified atom stereocenters. The van der Waals surface area contributed by atoms with Crippen molar-refractivity contribution in [2.45, 2.75) is 64.7 Å². The number of nitrogens with one attached hydrogen (secondary N) is 1. The molecule has 0 saturated carbocycles. The Labute approximate surface area is 199 Å². The first kappa shape index (κ1) is 26.0. The number of piperidine rings is 1. The Morgan fingerprint density at radius 3 is 2.44 bits per heavy atom. The van der Waals surface area contributed by atoms with E-state index in [1.54, 1.807) is 0 Å². The normalized spacial score (nSPS) is 19.1. The van der Waals surface area contributed by atoms with Gasteiger partial charge in [-0.15, -0.1) is 11.3 Å². The van der Waals surface area contributed by atoms with Gasteiger partial charge in [0.15, 0.2) is 6.17 Å². The van der Waals surface area contributed by atoms with E-state index in [9.17, 15) is 22.8 Å². The molecule has 188 valence electrons. The summed E-state index contributed by atoms with van der Waals surface area (Å²) in [4.78, 5) is 31.9. The zero-order valence-electron chi connectivity index (χ0n) is 19.6. The van der Waals surface area contributed by atoms with Crippen LogP contribution >= 0.6 is 11.3 Å². The van der Waals surface area contributed by atoms with Crippen molar-refractivity contribution in [2.24, 2.45) is 0 Å². The maximum Gasteiger partial charge on any atom is 0.417 e. The number of alkyl halides is 4. The molecule has 12 heteroatoms. The highest BCUT2D eigenvalue weighted by Crippen LogP contribution is 2.40. The van der Waals surface area contributed by atoms with Gasteiger partial charge < -0.3 is 19.9 Å². The number of fused-ring (bicyclic) bond motifs is 1. The number of hydrogen-bond acceptors (Lipinski definition) is 6. The minimum absolute atomic E-state index is 0.0259. The number of pyridine rings is 1. The average molecular weight is 505 g/mol. The maximum absolute atomic E-state index is 15.0. The van der Waals surface area contributed by atoms with Crippen LogP contribution in [0.5, 0.6) is 0 Å². The third kappa shape index (κ3) is 5.21. The Morgan fingerprint density at radius 2 is 1.91 bits per heavy atom. The molecule has 3 rings (SSSR count). The molecule has 2 atom stereocenters. The zero-order valence-corrected chi connectivity index (χ0v) is 20.4. The number of ether oxygens (including phenoxy) is 1. The largest absolute Gasteiger partial charge is 0.443 e. The lowest BCUT2D eigenvalue weighted by molar-refractivity contribution is -0.136. The van der Waals surface area contributed by atoms with E-state index in [4.69, 9.17) is 4.74 Å². The highest BCUT2D eigenvalue weighted by Gasteiger charge is 2.38. The molecule has 0 radical (unpaired) electrons. The maximum atomic E-state index is 15.0. The first-order chi connectivity index (χ1) is 15.8. The van der Waals surface area contributed by atoms with Crippen molar-refractivity contribution in [1.29, 1.82) is 0 Å². The van der Waals surface area contributed by atoms with Crippen LogP contribution in [0.15, 0.2) is 11.4 Å². The van der Waals surface area contributed by atoms with Crippen LogP contribution in [-0.2, 0) is 10.9 Å². The predicted molar refractivity (Wildman–Crippen MR) is 122 cm³/mol. The van der Waals surface area contributed by atoms with Crippen molar-refractivity contribution in [3.8, 4) is 0 Å². The molecule has 0 spiro atoms. The Morgan fingerprint density at radius 1 is 1.26 bits per heavy atom. The number of aromatic nitrogens is 1. The highest BCUT2D eigenvalue weighted by atomic mass is 32.1. The van der Waals surface area contributed by atoms with Crippen molar-refractivity contribution in [2.75, 3.05) is 25.0 Å². The summed E-state index contributed by atoms with van der Waals surface area (Å²) in [5.41, 5.74) is -0.985. The second-order valence-electron chi connectivity index (χ2n) is 8.70. The minimum Gasteiger partial charge on any atom is -0.443 e. The third-order valence-corrected chi connectivity index (χ3v) is 6.67. The van der Waals surface area contributed by atoms with Crippen molar-refractivity contribution in [3.63, 3.8) is 0 Å². The zero-order chi connectivity index (χ0) is 25.4. The van der Waals surface area contributed by atoms with Crippen LogP contribution in [0.2, 0.25) is 0 Å². The first-order valence-corrected chi connectivity index (χ1v) is 11.8. The molecule has 0 aromatic carbocycles. The monoisotopic (exact) mass is 504 g/mol. The fraction of sp³-hybridized carbons (Fsp3) is 0.591. The van der Waals surface area contributed by atoms with Crippen LogP contribution in [0, 0.1) is 0 Å². The van der Waals surface area contributed by atoms with E-state index in [0.29, 0.717) is 0 Å². The molecule has 2 aromatic rings. The molecule has 1 saturated heterocycles. The Balaban J connectivity index is 1.86. The van der Waals surface area contributed by atoms with Crippen molar-refractivity contribution < 1.29 is 31.9 Å². The van der Waals surface area contributed by atoms with E-state index in [0.717, 1.165) is 17.4 Å². The van der Waals surface area contributed by atoms with E-state index in [1.165, 1.54) is 22.2 Å². The van der Waals surface area contributed by atoms with E-state index < -0.39 is 36.0 Å². The predicted octanol–water partition coefficient (Wildman–Crippen LogP) is 4.85. The second kappa shape index (κ2) is 9.93. The number of thiophene rings is 1. The molecule has 7 nitrogen and oxygen atoms in total. The van der Waals surface area contributed by atoms with E-state index in [2.05, 4.69) is 10.3 Å². The quantitative estimate of drug-likeness (QED) is 0.590. The molecule has 34 heavy (non-hydrogen) atoms. The van der Waals surface area contributed by atoms with Crippen LogP contribution in [0.1, 0.15) is 50.0 Å². The molecule has 1 N–H and O–H groups in total. The van der Waals surface area contributed by atoms with E-state index in [-0.39, 0.29) is 53.2 Å². The van der Waals surface area contributed by atoms with Crippen molar-refractivity contribution >= 4 is 39.4 Å². The van der Waals surface area contributed by atoms with Crippen LogP contribution in [-0.4, -0.2) is 66.4 Å². The van der Waals surface area contributed by atoms with Gasteiger partial charge in [-0.3, -0.25) is 4.79 Å². The molecule has 2 amide bonds. The Hall–Kier alpha value is -2.63. The molecule has 3 heterocycles. The van der Waals surface area contributed by atoms with E-state index >= 15 is 4.39 Å². The molecule has 0 bridgehead atoms. The summed E-state index contributed by atoms with van der Waals surface area (Å²) in [7, 11) is 1.37. The molecular weight excluding hydrogens is 476 g/mol. The van der Waals surface area contributed by atoms with Crippen LogP contribution in [0.3, 0.4) is 0 Å². The van der Waals surface area contributed by atoms with Gasteiger partial charge in [0, 0.05) is 37.5 Å². The number of nitrogens with zero attached hydrogens (tertiary/aromatic N) is 3.